The molecule has 0 aliphatic rings. The molecule has 0 spiro atoms. The normalized spacial score (nSPS) is 14.9. The third kappa shape index (κ3) is 10.3. The van der Waals surface area contributed by atoms with Crippen molar-refractivity contribution < 1.29 is 25.2 Å². The minimum atomic E-state index is -3.62. The van der Waals surface area contributed by atoms with Crippen LogP contribution in [0.5, 0.6) is 0 Å². The average Bonchev–Trinajstić information content (AvgIpc) is 2.06. The van der Waals surface area contributed by atoms with Gasteiger partial charge in [-0.15, -0.1) is 0 Å². The Bertz CT molecular complexity index is 383. The van der Waals surface area contributed by atoms with Gasteiger partial charge in [0.15, 0.2) is 0 Å². The molecule has 1 atom stereocenters. The van der Waals surface area contributed by atoms with Gasteiger partial charge in [-0.2, -0.15) is 16.8 Å². The Morgan fingerprint density at radius 2 is 1.69 bits per heavy atom. The van der Waals surface area contributed by atoms with Crippen LogP contribution >= 0.6 is 0 Å². The van der Waals surface area contributed by atoms with Gasteiger partial charge in [0, 0.05) is 0 Å². The number of hydrogen-bond donors (Lipinski definition) is 0. The quantitative estimate of drug-likeness (QED) is 0.592. The molecular weight excluding hydrogens is 256 g/mol. The maximum atomic E-state index is 10.9. The van der Waals surface area contributed by atoms with Crippen molar-refractivity contribution in [2.75, 3.05) is 19.1 Å². The van der Waals surface area contributed by atoms with Gasteiger partial charge in [0.2, 0.25) is 0 Å². The van der Waals surface area contributed by atoms with E-state index in [1.807, 2.05) is 0 Å². The smallest absolute Gasteiger partial charge is 0.264 e. The summed E-state index contributed by atoms with van der Waals surface area (Å²) in [6, 6.07) is 0. The minimum Gasteiger partial charge on any atom is -0.268 e. The molecule has 16 heavy (non-hydrogen) atoms. The SMILES string of the molecule is [CH2]CCCC(COS(C)(=O)=O)OS(C)(=O)=O. The van der Waals surface area contributed by atoms with Crippen LogP contribution in [0.25, 0.3) is 0 Å². The number of hydrogen-bond acceptors (Lipinski definition) is 6. The van der Waals surface area contributed by atoms with Crippen molar-refractivity contribution in [3.8, 4) is 0 Å². The second-order valence-corrected chi connectivity index (χ2v) is 6.65. The summed E-state index contributed by atoms with van der Waals surface area (Å²) in [7, 11) is -7.21. The molecule has 0 rings (SSSR count). The highest BCUT2D eigenvalue weighted by Crippen LogP contribution is 2.09. The molecule has 0 aliphatic carbocycles. The van der Waals surface area contributed by atoms with Crippen molar-refractivity contribution in [1.29, 1.82) is 0 Å². The summed E-state index contributed by atoms with van der Waals surface area (Å²) in [5, 5.41) is 0. The summed E-state index contributed by atoms with van der Waals surface area (Å²) in [5.41, 5.74) is 0. The zero-order valence-corrected chi connectivity index (χ0v) is 11.0. The van der Waals surface area contributed by atoms with Crippen LogP contribution in [0.1, 0.15) is 19.3 Å². The third-order valence-corrected chi connectivity index (χ3v) is 2.74. The van der Waals surface area contributed by atoms with E-state index >= 15 is 0 Å². The van der Waals surface area contributed by atoms with Crippen LogP contribution < -0.4 is 0 Å². The molecule has 8 heteroatoms. The first-order valence-electron chi connectivity index (χ1n) is 4.66. The highest BCUT2D eigenvalue weighted by Gasteiger charge is 2.17. The highest BCUT2D eigenvalue weighted by atomic mass is 32.2. The maximum Gasteiger partial charge on any atom is 0.264 e. The zero-order valence-electron chi connectivity index (χ0n) is 9.38. The fourth-order valence-corrected chi connectivity index (χ4v) is 2.02. The summed E-state index contributed by atoms with van der Waals surface area (Å²) in [4.78, 5) is 0. The standard InChI is InChI=1S/C8H17O6S2/c1-4-5-6-8(14-16(3,11)12)7-13-15(2,9)10/h8H,1,4-7H2,2-3H3. The Labute approximate surface area is 97.2 Å². The first-order chi connectivity index (χ1) is 7.14. The van der Waals surface area contributed by atoms with E-state index in [0.717, 1.165) is 12.5 Å². The van der Waals surface area contributed by atoms with Gasteiger partial charge in [0.25, 0.3) is 20.2 Å². The largest absolute Gasteiger partial charge is 0.268 e. The van der Waals surface area contributed by atoms with Crippen LogP contribution in [0, 0.1) is 6.92 Å². The Morgan fingerprint density at radius 3 is 2.06 bits per heavy atom. The van der Waals surface area contributed by atoms with Gasteiger partial charge in [-0.05, 0) is 6.42 Å². The molecule has 0 aromatic rings. The number of unbranched alkanes of at least 4 members (excludes halogenated alkanes) is 1. The predicted octanol–water partition coefficient (Wildman–Crippen LogP) is 0.312. The van der Waals surface area contributed by atoms with Crippen LogP contribution in [0.2, 0.25) is 0 Å². The van der Waals surface area contributed by atoms with Crippen molar-refractivity contribution >= 4 is 20.2 Å². The first-order valence-corrected chi connectivity index (χ1v) is 8.29. The van der Waals surface area contributed by atoms with Gasteiger partial charge in [-0.25, -0.2) is 0 Å². The molecule has 6 nitrogen and oxygen atoms in total. The highest BCUT2D eigenvalue weighted by molar-refractivity contribution is 7.86. The summed E-state index contributed by atoms with van der Waals surface area (Å²) in [5.74, 6) is 0. The molecule has 97 valence electrons. The monoisotopic (exact) mass is 273 g/mol. The fraction of sp³-hybridized carbons (Fsp3) is 0.875. The lowest BCUT2D eigenvalue weighted by Gasteiger charge is -2.15. The molecule has 0 N–H and O–H groups in total. The van der Waals surface area contributed by atoms with Gasteiger partial charge in [0.05, 0.1) is 19.1 Å². The molecular formula is C8H17O6S2. The summed E-state index contributed by atoms with van der Waals surface area (Å²) in [6.07, 6.45) is 2.64. The van der Waals surface area contributed by atoms with E-state index in [1.54, 1.807) is 0 Å². The summed E-state index contributed by atoms with van der Waals surface area (Å²) < 4.78 is 52.4. The lowest BCUT2D eigenvalue weighted by atomic mass is 10.2. The molecule has 0 heterocycles. The van der Waals surface area contributed by atoms with Gasteiger partial charge < -0.3 is 0 Å². The lowest BCUT2D eigenvalue weighted by molar-refractivity contribution is 0.130. The molecule has 0 fully saturated rings. The molecule has 0 aromatic heterocycles. The lowest BCUT2D eigenvalue weighted by Crippen LogP contribution is -2.24. The van der Waals surface area contributed by atoms with E-state index in [4.69, 9.17) is 4.18 Å². The van der Waals surface area contributed by atoms with Crippen LogP contribution in [0.15, 0.2) is 0 Å². The molecule has 0 aromatic carbocycles. The van der Waals surface area contributed by atoms with Crippen LogP contribution in [-0.2, 0) is 28.6 Å². The van der Waals surface area contributed by atoms with Crippen LogP contribution in [0.4, 0.5) is 0 Å². The van der Waals surface area contributed by atoms with Crippen LogP contribution in [-0.4, -0.2) is 42.1 Å². The van der Waals surface area contributed by atoms with E-state index < -0.39 is 26.3 Å². The van der Waals surface area contributed by atoms with E-state index in [2.05, 4.69) is 11.1 Å². The molecule has 0 bridgehead atoms. The molecule has 0 aliphatic heterocycles. The van der Waals surface area contributed by atoms with E-state index in [0.29, 0.717) is 19.3 Å². The van der Waals surface area contributed by atoms with Gasteiger partial charge in [-0.1, -0.05) is 19.8 Å². The topological polar surface area (TPSA) is 86.7 Å². The molecule has 1 radical (unpaired) electrons. The number of rotatable bonds is 8. The Hall–Kier alpha value is -0.180. The predicted molar refractivity (Wildman–Crippen MR) is 59.7 cm³/mol. The molecule has 0 saturated heterocycles. The average molecular weight is 273 g/mol. The molecule has 0 amide bonds. The molecule has 0 saturated carbocycles. The Morgan fingerprint density at radius 1 is 1.12 bits per heavy atom. The van der Waals surface area contributed by atoms with E-state index in [1.165, 1.54) is 0 Å². The van der Waals surface area contributed by atoms with Crippen LogP contribution in [0.3, 0.4) is 0 Å². The van der Waals surface area contributed by atoms with Crippen molar-refractivity contribution in [1.82, 2.24) is 0 Å². The maximum absolute atomic E-state index is 10.9. The summed E-state index contributed by atoms with van der Waals surface area (Å²) >= 11 is 0. The van der Waals surface area contributed by atoms with Crippen molar-refractivity contribution in [3.05, 3.63) is 6.92 Å². The Balaban J connectivity index is 4.32. The minimum absolute atomic E-state index is 0.300. The second-order valence-electron chi connectivity index (χ2n) is 3.41. The van der Waals surface area contributed by atoms with E-state index in [-0.39, 0.29) is 6.61 Å². The fourth-order valence-electron chi connectivity index (χ4n) is 0.978. The second kappa shape index (κ2) is 6.53. The molecule has 1 unspecified atom stereocenters. The van der Waals surface area contributed by atoms with Crippen molar-refractivity contribution in [3.63, 3.8) is 0 Å². The summed E-state index contributed by atoms with van der Waals surface area (Å²) in [6.45, 7) is 3.30. The van der Waals surface area contributed by atoms with Crippen molar-refractivity contribution in [2.45, 2.75) is 25.4 Å². The van der Waals surface area contributed by atoms with Gasteiger partial charge in [0.1, 0.15) is 6.10 Å². The first kappa shape index (κ1) is 15.8. The van der Waals surface area contributed by atoms with Gasteiger partial charge in [-0.3, -0.25) is 8.37 Å². The van der Waals surface area contributed by atoms with E-state index in [9.17, 15) is 16.8 Å². The third-order valence-electron chi connectivity index (χ3n) is 1.55. The zero-order chi connectivity index (χ0) is 12.8. The van der Waals surface area contributed by atoms with Gasteiger partial charge >= 0.3 is 0 Å². The van der Waals surface area contributed by atoms with Crippen molar-refractivity contribution in [2.24, 2.45) is 0 Å². The Kier molecular flexibility index (Phi) is 6.46.